The molecule has 1 aromatic rings. The van der Waals surface area contributed by atoms with Gasteiger partial charge in [0, 0.05) is 30.2 Å². The average molecular weight is 243 g/mol. The Kier molecular flexibility index (Phi) is 3.08. The molecule has 1 saturated heterocycles. The van der Waals surface area contributed by atoms with Crippen molar-refractivity contribution in [2.24, 2.45) is 0 Å². The van der Waals surface area contributed by atoms with Crippen LogP contribution in [0.25, 0.3) is 0 Å². The first-order chi connectivity index (χ1) is 7.48. The highest BCUT2D eigenvalue weighted by molar-refractivity contribution is 6.30. The first-order valence-electron chi connectivity index (χ1n) is 5.43. The number of piperazine rings is 1. The van der Waals surface area contributed by atoms with Crippen molar-refractivity contribution >= 4 is 17.3 Å². The molecule has 0 atom stereocenters. The summed E-state index contributed by atoms with van der Waals surface area (Å²) in [5.74, 6) is -0.206. The number of hydrogen-bond donors (Lipinski definition) is 1. The van der Waals surface area contributed by atoms with Gasteiger partial charge in [0.25, 0.3) is 0 Å². The third kappa shape index (κ3) is 2.47. The van der Waals surface area contributed by atoms with Crippen molar-refractivity contribution in [3.05, 3.63) is 29.0 Å². The van der Waals surface area contributed by atoms with Crippen LogP contribution in [0.2, 0.25) is 5.02 Å². The van der Waals surface area contributed by atoms with Gasteiger partial charge in [-0.1, -0.05) is 11.6 Å². The molecule has 0 unspecified atom stereocenters. The van der Waals surface area contributed by atoms with Crippen molar-refractivity contribution in [1.82, 2.24) is 5.32 Å². The summed E-state index contributed by atoms with van der Waals surface area (Å²) in [5.41, 5.74) is 0.606. The van der Waals surface area contributed by atoms with E-state index in [0.29, 0.717) is 10.7 Å². The van der Waals surface area contributed by atoms with Crippen LogP contribution in [0.1, 0.15) is 13.8 Å². The summed E-state index contributed by atoms with van der Waals surface area (Å²) >= 11 is 5.90. The van der Waals surface area contributed by atoms with Gasteiger partial charge in [0.05, 0.1) is 5.69 Å². The number of rotatable bonds is 1. The van der Waals surface area contributed by atoms with Gasteiger partial charge in [-0.25, -0.2) is 4.39 Å². The van der Waals surface area contributed by atoms with E-state index >= 15 is 0 Å². The highest BCUT2D eigenvalue weighted by atomic mass is 35.5. The SMILES string of the molecule is CC1(C)CN(c2cc(Cl)ccc2F)CCN1. The monoisotopic (exact) mass is 242 g/mol. The predicted molar refractivity (Wildman–Crippen MR) is 65.7 cm³/mol. The number of hydrogen-bond acceptors (Lipinski definition) is 2. The lowest BCUT2D eigenvalue weighted by Gasteiger charge is -2.40. The molecule has 0 radical (unpaired) electrons. The molecule has 0 aromatic heterocycles. The summed E-state index contributed by atoms with van der Waals surface area (Å²) in [5, 5.41) is 3.97. The van der Waals surface area contributed by atoms with E-state index < -0.39 is 0 Å². The minimum atomic E-state index is -0.206. The maximum atomic E-state index is 13.7. The van der Waals surface area contributed by atoms with Crippen molar-refractivity contribution in [2.45, 2.75) is 19.4 Å². The van der Waals surface area contributed by atoms with E-state index in [4.69, 9.17) is 11.6 Å². The van der Waals surface area contributed by atoms with Gasteiger partial charge in [-0.3, -0.25) is 0 Å². The molecule has 2 rings (SSSR count). The Bertz CT molecular complexity index is 393. The van der Waals surface area contributed by atoms with Crippen molar-refractivity contribution in [1.29, 1.82) is 0 Å². The first kappa shape index (κ1) is 11.7. The maximum absolute atomic E-state index is 13.7. The zero-order valence-electron chi connectivity index (χ0n) is 9.56. The van der Waals surface area contributed by atoms with Gasteiger partial charge in [0.15, 0.2) is 0 Å². The lowest BCUT2D eigenvalue weighted by atomic mass is 10.0. The van der Waals surface area contributed by atoms with E-state index in [1.807, 2.05) is 4.90 Å². The number of benzene rings is 1. The van der Waals surface area contributed by atoms with Gasteiger partial charge in [-0.15, -0.1) is 0 Å². The van der Waals surface area contributed by atoms with Crippen LogP contribution >= 0.6 is 11.6 Å². The van der Waals surface area contributed by atoms with E-state index in [1.165, 1.54) is 6.07 Å². The van der Waals surface area contributed by atoms with E-state index in [2.05, 4.69) is 19.2 Å². The third-order valence-corrected chi connectivity index (χ3v) is 3.06. The molecule has 1 aromatic carbocycles. The Morgan fingerprint density at radius 2 is 2.19 bits per heavy atom. The Morgan fingerprint density at radius 3 is 2.88 bits per heavy atom. The molecule has 1 heterocycles. The quantitative estimate of drug-likeness (QED) is 0.815. The van der Waals surface area contributed by atoms with Crippen LogP contribution in [0.15, 0.2) is 18.2 Å². The number of halogens is 2. The van der Waals surface area contributed by atoms with Crippen LogP contribution in [-0.4, -0.2) is 25.2 Å². The van der Waals surface area contributed by atoms with Crippen molar-refractivity contribution in [3.63, 3.8) is 0 Å². The molecule has 1 aliphatic heterocycles. The molecular weight excluding hydrogens is 227 g/mol. The molecule has 1 fully saturated rings. The molecule has 16 heavy (non-hydrogen) atoms. The second-order valence-corrected chi connectivity index (χ2v) is 5.26. The van der Waals surface area contributed by atoms with Gasteiger partial charge < -0.3 is 10.2 Å². The average Bonchev–Trinajstić information content (AvgIpc) is 2.20. The predicted octanol–water partition coefficient (Wildman–Crippen LogP) is 2.67. The van der Waals surface area contributed by atoms with Crippen LogP contribution in [0.5, 0.6) is 0 Å². The van der Waals surface area contributed by atoms with Crippen molar-refractivity contribution in [2.75, 3.05) is 24.5 Å². The van der Waals surface area contributed by atoms with Gasteiger partial charge in [0.2, 0.25) is 0 Å². The molecule has 0 amide bonds. The van der Waals surface area contributed by atoms with Crippen molar-refractivity contribution < 1.29 is 4.39 Å². The number of anilines is 1. The molecule has 1 N–H and O–H groups in total. The molecule has 4 heteroatoms. The molecular formula is C12H16ClFN2. The summed E-state index contributed by atoms with van der Waals surface area (Å²) < 4.78 is 13.7. The highest BCUT2D eigenvalue weighted by Gasteiger charge is 2.27. The Balaban J connectivity index is 2.26. The minimum absolute atomic E-state index is 0.00695. The zero-order chi connectivity index (χ0) is 11.8. The Hall–Kier alpha value is -0.800. The van der Waals surface area contributed by atoms with E-state index in [-0.39, 0.29) is 11.4 Å². The molecule has 0 aliphatic carbocycles. The summed E-state index contributed by atoms with van der Waals surface area (Å²) in [6.45, 7) is 6.67. The standard InChI is InChI=1S/C12H16ClFN2/c1-12(2)8-16(6-5-15-12)11-7-9(13)3-4-10(11)14/h3-4,7,15H,5-6,8H2,1-2H3. The van der Waals surface area contributed by atoms with E-state index in [9.17, 15) is 4.39 Å². The lowest BCUT2D eigenvalue weighted by Crippen LogP contribution is -2.57. The van der Waals surface area contributed by atoms with Crippen LogP contribution in [0.4, 0.5) is 10.1 Å². The molecule has 1 aliphatic rings. The smallest absolute Gasteiger partial charge is 0.146 e. The highest BCUT2D eigenvalue weighted by Crippen LogP contribution is 2.26. The third-order valence-electron chi connectivity index (χ3n) is 2.82. The molecule has 88 valence electrons. The van der Waals surface area contributed by atoms with Gasteiger partial charge in [-0.05, 0) is 32.0 Å². The number of nitrogens with one attached hydrogen (secondary N) is 1. The van der Waals surface area contributed by atoms with Crippen molar-refractivity contribution in [3.8, 4) is 0 Å². The van der Waals surface area contributed by atoms with Gasteiger partial charge >= 0.3 is 0 Å². The first-order valence-corrected chi connectivity index (χ1v) is 5.81. The minimum Gasteiger partial charge on any atom is -0.366 e. The van der Waals surface area contributed by atoms with Crippen LogP contribution in [0, 0.1) is 5.82 Å². The fourth-order valence-electron chi connectivity index (χ4n) is 2.08. The van der Waals surface area contributed by atoms with Gasteiger partial charge in [-0.2, -0.15) is 0 Å². The summed E-state index contributed by atoms with van der Waals surface area (Å²) in [6.07, 6.45) is 0. The molecule has 0 saturated carbocycles. The molecule has 2 nitrogen and oxygen atoms in total. The number of nitrogens with zero attached hydrogens (tertiary/aromatic N) is 1. The van der Waals surface area contributed by atoms with Crippen LogP contribution < -0.4 is 10.2 Å². The fraction of sp³-hybridized carbons (Fsp3) is 0.500. The fourth-order valence-corrected chi connectivity index (χ4v) is 2.24. The lowest BCUT2D eigenvalue weighted by molar-refractivity contribution is 0.351. The zero-order valence-corrected chi connectivity index (χ0v) is 10.3. The second-order valence-electron chi connectivity index (χ2n) is 4.83. The normalized spacial score (nSPS) is 19.9. The van der Waals surface area contributed by atoms with Gasteiger partial charge in [0.1, 0.15) is 5.82 Å². The molecule has 0 bridgehead atoms. The van der Waals surface area contributed by atoms with Crippen LogP contribution in [0.3, 0.4) is 0 Å². The Labute approximate surface area is 100 Å². The Morgan fingerprint density at radius 1 is 1.44 bits per heavy atom. The largest absolute Gasteiger partial charge is 0.366 e. The molecule has 0 spiro atoms. The van der Waals surface area contributed by atoms with E-state index in [1.54, 1.807) is 12.1 Å². The summed E-state index contributed by atoms with van der Waals surface area (Å²) in [4.78, 5) is 2.04. The maximum Gasteiger partial charge on any atom is 0.146 e. The second kappa shape index (κ2) is 4.22. The van der Waals surface area contributed by atoms with Crippen LogP contribution in [-0.2, 0) is 0 Å². The van der Waals surface area contributed by atoms with E-state index in [0.717, 1.165) is 19.6 Å². The summed E-state index contributed by atoms with van der Waals surface area (Å²) in [7, 11) is 0. The summed E-state index contributed by atoms with van der Waals surface area (Å²) in [6, 6.07) is 4.69. The topological polar surface area (TPSA) is 15.3 Å².